The van der Waals surface area contributed by atoms with E-state index in [9.17, 15) is 4.57 Å². The first kappa shape index (κ1) is 14.4. The van der Waals surface area contributed by atoms with E-state index in [0.29, 0.717) is 15.3 Å². The highest BCUT2D eigenvalue weighted by atomic mass is 79.9. The second kappa shape index (κ2) is 6.32. The quantitative estimate of drug-likeness (QED) is 0.782. The summed E-state index contributed by atoms with van der Waals surface area (Å²) >= 11 is 3.24. The van der Waals surface area contributed by atoms with E-state index in [-0.39, 0.29) is 13.2 Å². The van der Waals surface area contributed by atoms with Crippen molar-refractivity contribution >= 4 is 28.8 Å². The van der Waals surface area contributed by atoms with Crippen LogP contribution >= 0.6 is 23.5 Å². The highest BCUT2D eigenvalue weighted by Gasteiger charge is 2.27. The third kappa shape index (κ3) is 3.40. The monoisotopic (exact) mass is 317 g/mol. The van der Waals surface area contributed by atoms with Crippen LogP contribution in [0.5, 0.6) is 0 Å². The summed E-state index contributed by atoms with van der Waals surface area (Å²) in [4.78, 5) is 0. The van der Waals surface area contributed by atoms with Crippen molar-refractivity contribution in [3.8, 4) is 6.07 Å². The molecule has 0 aliphatic carbocycles. The Kier molecular flexibility index (Phi) is 5.35. The molecule has 0 fully saturated rings. The molecule has 0 N–H and O–H groups in total. The molecule has 0 heterocycles. The van der Waals surface area contributed by atoms with Gasteiger partial charge >= 0.3 is 7.60 Å². The Balaban J connectivity index is 3.20. The molecule has 1 aromatic rings. The van der Waals surface area contributed by atoms with Gasteiger partial charge in [0.15, 0.2) is 0 Å². The molecule has 17 heavy (non-hydrogen) atoms. The highest BCUT2D eigenvalue weighted by molar-refractivity contribution is 9.10. The van der Waals surface area contributed by atoms with Crippen LogP contribution < -0.4 is 5.30 Å². The summed E-state index contributed by atoms with van der Waals surface area (Å²) in [5, 5.41) is 9.32. The van der Waals surface area contributed by atoms with Gasteiger partial charge in [-0.15, -0.1) is 0 Å². The zero-order valence-electron chi connectivity index (χ0n) is 9.64. The maximum atomic E-state index is 12.4. The molecular weight excluding hydrogens is 305 g/mol. The van der Waals surface area contributed by atoms with Crippen molar-refractivity contribution < 1.29 is 13.6 Å². The van der Waals surface area contributed by atoms with Gasteiger partial charge in [0.1, 0.15) is 6.07 Å². The fraction of sp³-hybridized carbons (Fsp3) is 0.364. The lowest BCUT2D eigenvalue weighted by molar-refractivity contribution is 0.230. The normalized spacial score (nSPS) is 11.2. The average Bonchev–Trinajstić information content (AvgIpc) is 2.30. The number of nitrogens with zero attached hydrogens (tertiary/aromatic N) is 1. The molecule has 1 aromatic carbocycles. The van der Waals surface area contributed by atoms with Crippen LogP contribution in [0.3, 0.4) is 0 Å². The Bertz CT molecular complexity index is 474. The molecule has 0 aliphatic heterocycles. The van der Waals surface area contributed by atoms with Crippen LogP contribution in [0.2, 0.25) is 0 Å². The molecular formula is C11H13BrNO3P. The number of hydrogen-bond donors (Lipinski definition) is 0. The van der Waals surface area contributed by atoms with Crippen molar-refractivity contribution in [1.29, 1.82) is 5.26 Å². The van der Waals surface area contributed by atoms with E-state index in [2.05, 4.69) is 15.9 Å². The molecule has 4 nitrogen and oxygen atoms in total. The third-order valence-corrected chi connectivity index (χ3v) is 4.78. The fourth-order valence-corrected chi connectivity index (χ4v) is 3.23. The van der Waals surface area contributed by atoms with Crippen molar-refractivity contribution in [2.75, 3.05) is 13.2 Å². The topological polar surface area (TPSA) is 59.3 Å². The van der Waals surface area contributed by atoms with Crippen molar-refractivity contribution in [3.63, 3.8) is 0 Å². The molecule has 0 radical (unpaired) electrons. The average molecular weight is 318 g/mol. The van der Waals surface area contributed by atoms with Crippen LogP contribution in [-0.2, 0) is 13.6 Å². The molecule has 0 saturated carbocycles. The Morgan fingerprint density at radius 1 is 1.35 bits per heavy atom. The summed E-state index contributed by atoms with van der Waals surface area (Å²) in [5.74, 6) is 0. The Morgan fingerprint density at radius 3 is 2.41 bits per heavy atom. The number of halogens is 1. The molecule has 0 spiro atoms. The molecule has 0 unspecified atom stereocenters. The van der Waals surface area contributed by atoms with E-state index in [0.717, 1.165) is 0 Å². The van der Waals surface area contributed by atoms with Gasteiger partial charge in [-0.1, -0.05) is 0 Å². The van der Waals surface area contributed by atoms with Crippen LogP contribution in [0.15, 0.2) is 22.7 Å². The number of hydrogen-bond acceptors (Lipinski definition) is 4. The SMILES string of the molecule is CCOP(=O)(OCC)c1ccc(Br)c(C#N)c1. The first-order valence-corrected chi connectivity index (χ1v) is 7.50. The summed E-state index contributed by atoms with van der Waals surface area (Å²) in [7, 11) is -3.30. The molecule has 0 bridgehead atoms. The number of rotatable bonds is 5. The number of benzene rings is 1. The zero-order chi connectivity index (χ0) is 12.9. The molecule has 6 heteroatoms. The fourth-order valence-electron chi connectivity index (χ4n) is 1.30. The lowest BCUT2D eigenvalue weighted by Gasteiger charge is -2.17. The van der Waals surface area contributed by atoms with Crippen molar-refractivity contribution in [2.24, 2.45) is 0 Å². The Hall–Kier alpha value is -0.660. The van der Waals surface area contributed by atoms with Gasteiger partial charge in [-0.25, -0.2) is 0 Å². The number of nitriles is 1. The van der Waals surface area contributed by atoms with Crippen LogP contribution in [0.25, 0.3) is 0 Å². The minimum atomic E-state index is -3.30. The van der Waals surface area contributed by atoms with Crippen LogP contribution in [0.1, 0.15) is 19.4 Å². The van der Waals surface area contributed by atoms with Crippen molar-refractivity contribution in [1.82, 2.24) is 0 Å². The van der Waals surface area contributed by atoms with Crippen molar-refractivity contribution in [3.05, 3.63) is 28.2 Å². The van der Waals surface area contributed by atoms with E-state index < -0.39 is 7.60 Å². The van der Waals surface area contributed by atoms with Crippen LogP contribution in [0.4, 0.5) is 0 Å². The summed E-state index contributed by atoms with van der Waals surface area (Å²) in [6, 6.07) is 6.84. The van der Waals surface area contributed by atoms with Gasteiger partial charge in [-0.05, 0) is 48.0 Å². The zero-order valence-corrected chi connectivity index (χ0v) is 12.1. The first-order chi connectivity index (χ1) is 8.07. The molecule has 1 rings (SSSR count). The van der Waals surface area contributed by atoms with Gasteiger partial charge in [0.05, 0.1) is 24.1 Å². The summed E-state index contributed by atoms with van der Waals surface area (Å²) in [5.41, 5.74) is 0.405. The van der Waals surface area contributed by atoms with Gasteiger partial charge < -0.3 is 9.05 Å². The van der Waals surface area contributed by atoms with Gasteiger partial charge in [0.2, 0.25) is 0 Å². The second-order valence-corrected chi connectivity index (χ2v) is 5.99. The van der Waals surface area contributed by atoms with Gasteiger partial charge in [0, 0.05) is 4.47 Å². The third-order valence-electron chi connectivity index (χ3n) is 1.98. The van der Waals surface area contributed by atoms with Crippen LogP contribution in [0, 0.1) is 11.3 Å². The Morgan fingerprint density at radius 2 is 1.94 bits per heavy atom. The van der Waals surface area contributed by atoms with Gasteiger partial charge in [0.25, 0.3) is 0 Å². The molecule has 0 aromatic heterocycles. The lowest BCUT2D eigenvalue weighted by Crippen LogP contribution is -2.11. The predicted octanol–water partition coefficient (Wildman–Crippen LogP) is 3.21. The maximum absolute atomic E-state index is 12.4. The van der Waals surface area contributed by atoms with Gasteiger partial charge in [-0.3, -0.25) is 4.57 Å². The minimum Gasteiger partial charge on any atom is -0.305 e. The summed E-state index contributed by atoms with van der Waals surface area (Å²) < 4.78 is 23.5. The smallest absolute Gasteiger partial charge is 0.305 e. The minimum absolute atomic E-state index is 0.287. The standard InChI is InChI=1S/C11H13BrNO3P/c1-3-15-17(14,16-4-2)10-5-6-11(12)9(7-10)8-13/h5-7H,3-4H2,1-2H3. The van der Waals surface area contributed by atoms with Gasteiger partial charge in [-0.2, -0.15) is 5.26 Å². The predicted molar refractivity (Wildman–Crippen MR) is 69.3 cm³/mol. The van der Waals surface area contributed by atoms with Crippen LogP contribution in [-0.4, -0.2) is 13.2 Å². The lowest BCUT2D eigenvalue weighted by atomic mass is 10.2. The molecule has 0 aliphatic rings. The molecule has 0 saturated heterocycles. The van der Waals surface area contributed by atoms with E-state index in [1.807, 2.05) is 6.07 Å². The highest BCUT2D eigenvalue weighted by Crippen LogP contribution is 2.47. The Labute approximate surface area is 109 Å². The van der Waals surface area contributed by atoms with E-state index in [4.69, 9.17) is 14.3 Å². The molecule has 92 valence electrons. The second-order valence-electron chi connectivity index (χ2n) is 3.11. The van der Waals surface area contributed by atoms with E-state index in [1.54, 1.807) is 26.0 Å². The summed E-state index contributed by atoms with van der Waals surface area (Å²) in [6.45, 7) is 4.07. The maximum Gasteiger partial charge on any atom is 0.361 e. The van der Waals surface area contributed by atoms with E-state index in [1.165, 1.54) is 6.07 Å². The first-order valence-electron chi connectivity index (χ1n) is 5.16. The van der Waals surface area contributed by atoms with E-state index >= 15 is 0 Å². The largest absolute Gasteiger partial charge is 0.361 e. The molecule has 0 atom stereocenters. The molecule has 0 amide bonds. The summed E-state index contributed by atoms with van der Waals surface area (Å²) in [6.07, 6.45) is 0. The van der Waals surface area contributed by atoms with Crippen molar-refractivity contribution in [2.45, 2.75) is 13.8 Å².